The summed E-state index contributed by atoms with van der Waals surface area (Å²) in [6, 6.07) is 47.7. The van der Waals surface area contributed by atoms with Crippen LogP contribution in [-0.4, -0.2) is 24.4 Å². The average Bonchev–Trinajstić information content (AvgIpc) is 3.65. The van der Waals surface area contributed by atoms with Gasteiger partial charge in [0, 0.05) is 41.6 Å². The van der Waals surface area contributed by atoms with Crippen LogP contribution in [-0.2, 0) is 48.9 Å². The van der Waals surface area contributed by atoms with Gasteiger partial charge >= 0.3 is 12.4 Å². The molecule has 2 aliphatic rings. The smallest absolute Gasteiger partial charge is 0.347 e. The molecule has 328 valence electrons. The van der Waals surface area contributed by atoms with Crippen molar-refractivity contribution < 1.29 is 30.9 Å². The molecule has 0 fully saturated rings. The van der Waals surface area contributed by atoms with E-state index in [2.05, 4.69) is 0 Å². The number of anilines is 1. The van der Waals surface area contributed by atoms with Crippen LogP contribution in [0.3, 0.4) is 0 Å². The van der Waals surface area contributed by atoms with E-state index in [1.807, 2.05) is 200 Å². The lowest BCUT2D eigenvalue weighted by atomic mass is 9.68. The lowest BCUT2D eigenvalue weighted by Gasteiger charge is -2.34. The molecule has 2 nitrogen and oxygen atoms in total. The summed E-state index contributed by atoms with van der Waals surface area (Å²) < 4.78 is 87.5. The molecule has 0 amide bonds. The monoisotopic (exact) mass is 875 g/mol. The Bertz CT molecular complexity index is 2710. The van der Waals surface area contributed by atoms with E-state index < -0.39 is 34.3 Å². The van der Waals surface area contributed by atoms with Gasteiger partial charge in [0.25, 0.3) is 0 Å². The van der Waals surface area contributed by atoms with Crippen LogP contribution in [0, 0.1) is 0 Å². The molecular weight excluding hydrogens is 827 g/mol. The van der Waals surface area contributed by atoms with E-state index in [0.717, 1.165) is 57.2 Å². The molecule has 0 aliphatic carbocycles. The van der Waals surface area contributed by atoms with Gasteiger partial charge in [-0.25, -0.2) is 0 Å². The van der Waals surface area contributed by atoms with E-state index in [1.54, 1.807) is 12.1 Å². The Balaban J connectivity index is 1.10. The maximum Gasteiger partial charge on any atom is 0.416 e. The molecule has 2 heterocycles. The van der Waals surface area contributed by atoms with Gasteiger partial charge in [-0.3, -0.25) is 0 Å². The first-order valence-electron chi connectivity index (χ1n) is 21.6. The Kier molecular flexibility index (Phi) is 12.8. The van der Waals surface area contributed by atoms with Crippen LogP contribution in [0.15, 0.2) is 218 Å². The highest BCUT2D eigenvalue weighted by atomic mass is 19.4. The van der Waals surface area contributed by atoms with Crippen molar-refractivity contribution in [1.29, 1.82) is 0 Å². The zero-order valence-corrected chi connectivity index (χ0v) is 36.2. The number of fused-ring (bicyclic) bond motifs is 2. The fraction of sp³-hybridized carbons (Fsp3) is 0.175. The number of nitrogens with zero attached hydrogens (tertiary/aromatic N) is 2. The summed E-state index contributed by atoms with van der Waals surface area (Å²) in [5, 5.41) is 0. The topological polar surface area (TPSA) is 6.25 Å². The van der Waals surface area contributed by atoms with Crippen LogP contribution in [0.25, 0.3) is 0 Å². The quantitative estimate of drug-likeness (QED) is 0.0636. The van der Waals surface area contributed by atoms with Gasteiger partial charge in [-0.15, -0.1) is 0 Å². The van der Waals surface area contributed by atoms with Gasteiger partial charge in [-0.2, -0.15) is 30.9 Å². The Morgan fingerprint density at radius 3 is 1.34 bits per heavy atom. The SMILES string of the molecule is CN1C(=CC=CC=CC=CC=CC2=[N+](C)c3ccc(C(F)(F)F)cc3C2(Cc2ccccc2)Cc2ccccc2)C(Cc2ccccc2)(Cc2ccccc2)c2cc(C(F)(F)F)ccc21. The third kappa shape index (κ3) is 9.49. The second kappa shape index (κ2) is 18.7. The summed E-state index contributed by atoms with van der Waals surface area (Å²) >= 11 is 0. The van der Waals surface area contributed by atoms with Gasteiger partial charge in [0.05, 0.1) is 16.5 Å². The first-order valence-corrected chi connectivity index (χ1v) is 21.6. The van der Waals surface area contributed by atoms with Crippen molar-refractivity contribution in [2.45, 2.75) is 48.9 Å². The van der Waals surface area contributed by atoms with Crippen molar-refractivity contribution in [2.75, 3.05) is 19.0 Å². The number of hydrogen-bond donors (Lipinski definition) is 0. The zero-order chi connectivity index (χ0) is 45.7. The molecule has 0 bridgehead atoms. The minimum Gasteiger partial charge on any atom is -0.347 e. The Labute approximate surface area is 377 Å². The first-order chi connectivity index (χ1) is 31.3. The van der Waals surface area contributed by atoms with Crippen LogP contribution in [0.2, 0.25) is 0 Å². The van der Waals surface area contributed by atoms with Crippen LogP contribution in [0.1, 0.15) is 44.5 Å². The number of alkyl halides is 6. The first kappa shape index (κ1) is 44.7. The van der Waals surface area contributed by atoms with Gasteiger partial charge in [0.15, 0.2) is 5.71 Å². The molecule has 0 unspecified atom stereocenters. The van der Waals surface area contributed by atoms with Crippen molar-refractivity contribution in [3.8, 4) is 0 Å². The lowest BCUT2D eigenvalue weighted by molar-refractivity contribution is -0.401. The minimum absolute atomic E-state index is 0.493. The van der Waals surface area contributed by atoms with E-state index in [1.165, 1.54) is 12.1 Å². The number of hydrogen-bond acceptors (Lipinski definition) is 1. The molecule has 0 atom stereocenters. The predicted octanol–water partition coefficient (Wildman–Crippen LogP) is 14.2. The normalized spacial score (nSPS) is 16.5. The molecule has 2 aliphatic heterocycles. The highest BCUT2D eigenvalue weighted by Gasteiger charge is 2.52. The maximum absolute atomic E-state index is 14.3. The number of likely N-dealkylation sites (N-methyl/N-ethyl adjacent to an activating group) is 1. The van der Waals surface area contributed by atoms with E-state index in [0.29, 0.717) is 36.8 Å². The molecule has 0 aromatic heterocycles. The van der Waals surface area contributed by atoms with E-state index in [4.69, 9.17) is 0 Å². The van der Waals surface area contributed by atoms with Crippen LogP contribution in [0.4, 0.5) is 37.7 Å². The highest BCUT2D eigenvalue weighted by Crippen LogP contribution is 2.53. The third-order valence-corrected chi connectivity index (χ3v) is 12.7. The summed E-state index contributed by atoms with van der Waals surface area (Å²) in [6.07, 6.45) is 10.3. The molecule has 0 saturated carbocycles. The van der Waals surface area contributed by atoms with Crippen molar-refractivity contribution >= 4 is 17.1 Å². The van der Waals surface area contributed by atoms with Crippen LogP contribution < -0.4 is 4.90 Å². The Hall–Kier alpha value is -6.93. The predicted molar refractivity (Wildman–Crippen MR) is 251 cm³/mol. The number of rotatable bonds is 13. The van der Waals surface area contributed by atoms with E-state index in [-0.39, 0.29) is 0 Å². The molecule has 0 spiro atoms. The fourth-order valence-corrected chi connectivity index (χ4v) is 9.76. The number of halogens is 6. The van der Waals surface area contributed by atoms with Gasteiger partial charge in [0.1, 0.15) is 7.05 Å². The summed E-state index contributed by atoms with van der Waals surface area (Å²) in [5.74, 6) is 0. The summed E-state index contributed by atoms with van der Waals surface area (Å²) in [7, 11) is 3.83. The van der Waals surface area contributed by atoms with Gasteiger partial charge in [0.2, 0.25) is 5.69 Å². The van der Waals surface area contributed by atoms with Crippen LogP contribution >= 0.6 is 0 Å². The van der Waals surface area contributed by atoms with Gasteiger partial charge in [-0.1, -0.05) is 164 Å². The van der Waals surface area contributed by atoms with Crippen molar-refractivity contribution in [1.82, 2.24) is 0 Å². The summed E-state index contributed by atoms with van der Waals surface area (Å²) in [4.78, 5) is 2.01. The molecule has 8 rings (SSSR count). The van der Waals surface area contributed by atoms with Crippen molar-refractivity contribution in [3.05, 3.63) is 263 Å². The number of benzene rings is 6. The Morgan fingerprint density at radius 2 is 0.877 bits per heavy atom. The van der Waals surface area contributed by atoms with E-state index >= 15 is 0 Å². The Morgan fingerprint density at radius 1 is 0.477 bits per heavy atom. The molecule has 0 radical (unpaired) electrons. The number of allylic oxidation sites excluding steroid dienone is 10. The van der Waals surface area contributed by atoms with Crippen molar-refractivity contribution in [3.63, 3.8) is 0 Å². The fourth-order valence-electron chi connectivity index (χ4n) is 9.76. The van der Waals surface area contributed by atoms with Crippen molar-refractivity contribution in [2.24, 2.45) is 0 Å². The largest absolute Gasteiger partial charge is 0.416 e. The molecule has 0 saturated heterocycles. The molecule has 65 heavy (non-hydrogen) atoms. The molecule has 8 heteroatoms. The maximum atomic E-state index is 14.3. The summed E-state index contributed by atoms with van der Waals surface area (Å²) in [6.45, 7) is 0. The molecular formula is C57H49F6N2+. The zero-order valence-electron chi connectivity index (χ0n) is 36.2. The molecule has 6 aromatic rings. The lowest BCUT2D eigenvalue weighted by Crippen LogP contribution is -2.39. The summed E-state index contributed by atoms with van der Waals surface area (Å²) in [5.41, 5.74) is 5.64. The van der Waals surface area contributed by atoms with Gasteiger partial charge < -0.3 is 4.90 Å². The van der Waals surface area contributed by atoms with Crippen LogP contribution in [0.5, 0.6) is 0 Å². The molecule has 0 N–H and O–H groups in total. The molecule has 6 aromatic carbocycles. The highest BCUT2D eigenvalue weighted by molar-refractivity contribution is 6.04. The third-order valence-electron chi connectivity index (χ3n) is 12.7. The van der Waals surface area contributed by atoms with E-state index in [9.17, 15) is 26.3 Å². The standard InChI is InChI=1S/C57H49F6N2/c1-64-50-34-32-46(56(58,59)60)36-48(50)54(38-42-22-12-8-13-23-42,39-43-24-14-9-15-25-43)52(64)30-20-6-4-3-5-7-21-31-53-55(40-44-26-16-10-17-27-44,41-45-28-18-11-19-29-45)49-37-47(57(61,62)63)33-35-51(49)65(53)2/h3-37H,38-41H2,1-2H3/q+1. The average molecular weight is 876 g/mol. The second-order valence-electron chi connectivity index (χ2n) is 16.8. The minimum atomic E-state index is -4.50. The van der Waals surface area contributed by atoms with Gasteiger partial charge in [-0.05, 0) is 89.9 Å². The second-order valence-corrected chi connectivity index (χ2v) is 16.8.